The number of amides is 1. The van der Waals surface area contributed by atoms with Crippen molar-refractivity contribution in [3.8, 4) is 5.75 Å². The van der Waals surface area contributed by atoms with Gasteiger partial charge in [-0.1, -0.05) is 18.2 Å². The number of carbonyl (C=O) groups excluding carboxylic acids is 1. The number of aryl methyl sites for hydroxylation is 1. The van der Waals surface area contributed by atoms with E-state index in [1.807, 2.05) is 30.5 Å². The Bertz CT molecular complexity index is 1170. The van der Waals surface area contributed by atoms with Gasteiger partial charge >= 0.3 is 0 Å². The second-order valence-electron chi connectivity index (χ2n) is 7.48. The van der Waals surface area contributed by atoms with Crippen LogP contribution < -0.4 is 10.1 Å². The lowest BCUT2D eigenvalue weighted by atomic mass is 9.91. The fourth-order valence-corrected chi connectivity index (χ4v) is 4.41. The first-order chi connectivity index (χ1) is 13.7. The highest BCUT2D eigenvalue weighted by Crippen LogP contribution is 2.36. The number of carbonyl (C=O) groups is 1. The molecule has 0 aliphatic heterocycles. The van der Waals surface area contributed by atoms with Gasteiger partial charge in [0.1, 0.15) is 5.75 Å². The van der Waals surface area contributed by atoms with Gasteiger partial charge in [0.2, 0.25) is 5.91 Å². The van der Waals surface area contributed by atoms with Crippen molar-refractivity contribution in [1.82, 2.24) is 15.3 Å². The number of benzene rings is 2. The summed E-state index contributed by atoms with van der Waals surface area (Å²) in [6, 6.07) is 14.2. The van der Waals surface area contributed by atoms with Crippen LogP contribution in [0.5, 0.6) is 5.75 Å². The summed E-state index contributed by atoms with van der Waals surface area (Å²) >= 11 is 0. The third kappa shape index (κ3) is 2.83. The van der Waals surface area contributed by atoms with E-state index in [0.29, 0.717) is 6.42 Å². The van der Waals surface area contributed by atoms with Crippen LogP contribution in [0, 0.1) is 0 Å². The number of H-pyrrole nitrogens is 2. The first-order valence-electron chi connectivity index (χ1n) is 9.76. The Morgan fingerprint density at radius 3 is 2.96 bits per heavy atom. The minimum atomic E-state index is 0.0276. The van der Waals surface area contributed by atoms with Gasteiger partial charge in [-0.05, 0) is 54.7 Å². The Hall–Kier alpha value is -3.21. The van der Waals surface area contributed by atoms with Crippen molar-refractivity contribution in [1.29, 1.82) is 0 Å². The van der Waals surface area contributed by atoms with Crippen LogP contribution in [0.2, 0.25) is 0 Å². The van der Waals surface area contributed by atoms with Crippen molar-refractivity contribution < 1.29 is 9.53 Å². The molecule has 1 aliphatic rings. The first kappa shape index (κ1) is 16.9. The zero-order chi connectivity index (χ0) is 19.1. The summed E-state index contributed by atoms with van der Waals surface area (Å²) in [4.78, 5) is 19.6. The van der Waals surface area contributed by atoms with E-state index in [4.69, 9.17) is 4.74 Å². The Balaban J connectivity index is 1.40. The van der Waals surface area contributed by atoms with E-state index < -0.39 is 0 Å². The molecule has 0 fully saturated rings. The summed E-state index contributed by atoms with van der Waals surface area (Å²) in [6.07, 6.45) is 5.36. The van der Waals surface area contributed by atoms with Crippen LogP contribution in [-0.2, 0) is 17.6 Å². The largest absolute Gasteiger partial charge is 0.497 e. The lowest BCUT2D eigenvalue weighted by molar-refractivity contribution is -0.121. The molecule has 4 aromatic rings. The molecule has 5 nitrogen and oxygen atoms in total. The monoisotopic (exact) mass is 373 g/mol. The summed E-state index contributed by atoms with van der Waals surface area (Å²) in [6.45, 7) is 0. The quantitative estimate of drug-likeness (QED) is 0.496. The predicted octanol–water partition coefficient (Wildman–Crippen LogP) is 4.39. The van der Waals surface area contributed by atoms with E-state index in [2.05, 4.69) is 33.5 Å². The van der Waals surface area contributed by atoms with Crippen molar-refractivity contribution in [2.75, 3.05) is 7.11 Å². The number of aromatic nitrogens is 2. The highest BCUT2D eigenvalue weighted by Gasteiger charge is 2.26. The van der Waals surface area contributed by atoms with Gasteiger partial charge in [0.05, 0.1) is 19.6 Å². The number of ether oxygens (including phenoxy) is 1. The molecule has 0 saturated carbocycles. The minimum Gasteiger partial charge on any atom is -0.497 e. The van der Waals surface area contributed by atoms with E-state index >= 15 is 0 Å². The number of fused-ring (bicyclic) bond motifs is 4. The van der Waals surface area contributed by atoms with Crippen molar-refractivity contribution in [3.05, 3.63) is 65.5 Å². The van der Waals surface area contributed by atoms with Gasteiger partial charge in [-0.2, -0.15) is 0 Å². The van der Waals surface area contributed by atoms with Crippen LogP contribution in [0.3, 0.4) is 0 Å². The molecule has 0 spiro atoms. The molecule has 5 rings (SSSR count). The second kappa shape index (κ2) is 6.75. The summed E-state index contributed by atoms with van der Waals surface area (Å²) in [5, 5.41) is 5.56. The number of nitrogens with one attached hydrogen (secondary N) is 3. The van der Waals surface area contributed by atoms with Crippen molar-refractivity contribution in [2.45, 2.75) is 31.7 Å². The van der Waals surface area contributed by atoms with E-state index in [-0.39, 0.29) is 11.9 Å². The fraction of sp³-hybridized carbons (Fsp3) is 0.261. The third-order valence-electron chi connectivity index (χ3n) is 5.78. The number of hydrogen-bond donors (Lipinski definition) is 3. The molecule has 28 heavy (non-hydrogen) atoms. The Kier molecular flexibility index (Phi) is 4.08. The second-order valence-corrected chi connectivity index (χ2v) is 7.48. The molecule has 2 aromatic heterocycles. The van der Waals surface area contributed by atoms with Crippen LogP contribution in [0.1, 0.15) is 35.7 Å². The molecular formula is C23H23N3O2. The molecule has 2 aromatic carbocycles. The maximum atomic E-state index is 12.8. The van der Waals surface area contributed by atoms with Crippen molar-refractivity contribution in [3.63, 3.8) is 0 Å². The van der Waals surface area contributed by atoms with Gasteiger partial charge in [-0.3, -0.25) is 4.79 Å². The highest BCUT2D eigenvalue weighted by molar-refractivity contribution is 5.90. The van der Waals surface area contributed by atoms with Crippen LogP contribution in [0.4, 0.5) is 0 Å². The van der Waals surface area contributed by atoms with Gasteiger partial charge in [-0.15, -0.1) is 0 Å². The molecule has 0 bridgehead atoms. The van der Waals surface area contributed by atoms with E-state index in [0.717, 1.165) is 52.7 Å². The normalized spacial score (nSPS) is 16.2. The molecular weight excluding hydrogens is 350 g/mol. The fourth-order valence-electron chi connectivity index (χ4n) is 4.41. The average Bonchev–Trinajstić information content (AvgIpc) is 3.30. The molecule has 1 amide bonds. The summed E-state index contributed by atoms with van der Waals surface area (Å²) in [5.41, 5.74) is 5.64. The number of para-hydroxylation sites is 1. The zero-order valence-corrected chi connectivity index (χ0v) is 15.8. The standard InChI is InChI=1S/C23H23N3O2/c1-28-15-9-10-20-18(12-15)17-6-4-8-21(23(17)26-20)25-22(27)11-14-13-24-19-7-3-2-5-16(14)19/h2-3,5,7,9-10,12-13,21,24,26H,4,6,8,11H2,1H3,(H,25,27)/t21-/m1/s1. The average molecular weight is 373 g/mol. The molecule has 2 heterocycles. The number of hydrogen-bond acceptors (Lipinski definition) is 2. The van der Waals surface area contributed by atoms with Gasteiger partial charge in [-0.25, -0.2) is 0 Å². The topological polar surface area (TPSA) is 69.9 Å². The maximum Gasteiger partial charge on any atom is 0.225 e. The maximum absolute atomic E-state index is 12.8. The molecule has 5 heteroatoms. The lowest BCUT2D eigenvalue weighted by Gasteiger charge is -2.24. The first-order valence-corrected chi connectivity index (χ1v) is 9.76. The Morgan fingerprint density at radius 2 is 2.07 bits per heavy atom. The summed E-state index contributed by atoms with van der Waals surface area (Å²) in [5.74, 6) is 0.915. The van der Waals surface area contributed by atoms with Gasteiger partial charge in [0.15, 0.2) is 0 Å². The smallest absolute Gasteiger partial charge is 0.225 e. The SMILES string of the molecule is COc1ccc2[nH]c3c(c2c1)CCC[C@H]3NC(=O)Cc1c[nH]c2ccccc12. The van der Waals surface area contributed by atoms with E-state index in [9.17, 15) is 4.79 Å². The summed E-state index contributed by atoms with van der Waals surface area (Å²) < 4.78 is 5.38. The molecule has 1 aliphatic carbocycles. The highest BCUT2D eigenvalue weighted by atomic mass is 16.5. The van der Waals surface area contributed by atoms with Crippen molar-refractivity contribution >= 4 is 27.7 Å². The molecule has 0 radical (unpaired) electrons. The summed E-state index contributed by atoms with van der Waals surface area (Å²) in [7, 11) is 1.69. The molecule has 142 valence electrons. The predicted molar refractivity (Wildman–Crippen MR) is 111 cm³/mol. The zero-order valence-electron chi connectivity index (χ0n) is 15.8. The molecule has 1 atom stereocenters. The van der Waals surface area contributed by atoms with Crippen molar-refractivity contribution in [2.24, 2.45) is 0 Å². The minimum absolute atomic E-state index is 0.0276. The molecule has 0 saturated heterocycles. The van der Waals surface area contributed by atoms with E-state index in [1.54, 1.807) is 7.11 Å². The molecule has 0 unspecified atom stereocenters. The van der Waals surface area contributed by atoms with Gasteiger partial charge in [0, 0.05) is 33.7 Å². The Labute approximate surface area is 163 Å². The van der Waals surface area contributed by atoms with E-state index in [1.165, 1.54) is 10.9 Å². The van der Waals surface area contributed by atoms with Crippen LogP contribution >= 0.6 is 0 Å². The van der Waals surface area contributed by atoms with Gasteiger partial charge in [0.25, 0.3) is 0 Å². The van der Waals surface area contributed by atoms with Crippen LogP contribution in [0.25, 0.3) is 21.8 Å². The third-order valence-corrected chi connectivity index (χ3v) is 5.78. The number of aromatic amines is 2. The lowest BCUT2D eigenvalue weighted by Crippen LogP contribution is -2.32. The van der Waals surface area contributed by atoms with Crippen LogP contribution in [-0.4, -0.2) is 23.0 Å². The van der Waals surface area contributed by atoms with Crippen LogP contribution in [0.15, 0.2) is 48.7 Å². The number of rotatable bonds is 4. The molecule has 3 N–H and O–H groups in total. The van der Waals surface area contributed by atoms with Gasteiger partial charge < -0.3 is 20.0 Å². The number of methoxy groups -OCH3 is 1. The Morgan fingerprint density at radius 1 is 1.18 bits per heavy atom.